The van der Waals surface area contributed by atoms with Crippen LogP contribution in [0.3, 0.4) is 0 Å². The highest BCUT2D eigenvalue weighted by Gasteiger charge is 2.00. The molecule has 1 aromatic carbocycles. The van der Waals surface area contributed by atoms with Gasteiger partial charge in [-0.05, 0) is 58.5 Å². The molecule has 0 aliphatic carbocycles. The molecule has 0 aliphatic rings. The van der Waals surface area contributed by atoms with Crippen LogP contribution in [-0.4, -0.2) is 20.6 Å². The van der Waals surface area contributed by atoms with Crippen LogP contribution in [0.1, 0.15) is 5.56 Å². The number of aryl methyl sites for hydroxylation is 1. The van der Waals surface area contributed by atoms with E-state index in [1.54, 1.807) is 0 Å². The first kappa shape index (κ1) is 9.38. The molecule has 2 rings (SSSR count). The zero-order chi connectivity index (χ0) is 9.97. The third kappa shape index (κ3) is 2.19. The highest BCUT2D eigenvalue weighted by atomic mass is 127. The molecule has 2 aromatic rings. The minimum absolute atomic E-state index is 0.478. The summed E-state index contributed by atoms with van der Waals surface area (Å²) in [6.45, 7) is 2.05. The number of rotatable bonds is 2. The van der Waals surface area contributed by atoms with Crippen LogP contribution in [0.4, 0.5) is 11.6 Å². The Hall–Kier alpha value is -1.18. The Morgan fingerprint density at radius 1 is 1.36 bits per heavy atom. The molecule has 14 heavy (non-hydrogen) atoms. The SMILES string of the molecule is Cc1cc(I)cc(Nc2nn[nH]n2)c1. The molecular formula is C8H8IN5. The van der Waals surface area contributed by atoms with Gasteiger partial charge >= 0.3 is 0 Å². The second-order valence-electron chi connectivity index (χ2n) is 2.88. The third-order valence-corrected chi connectivity index (χ3v) is 2.27. The Morgan fingerprint density at radius 3 is 2.86 bits per heavy atom. The lowest BCUT2D eigenvalue weighted by atomic mass is 10.2. The fourth-order valence-corrected chi connectivity index (χ4v) is 1.98. The van der Waals surface area contributed by atoms with Gasteiger partial charge in [-0.25, -0.2) is 0 Å². The van der Waals surface area contributed by atoms with E-state index < -0.39 is 0 Å². The number of hydrogen-bond acceptors (Lipinski definition) is 4. The summed E-state index contributed by atoms with van der Waals surface area (Å²) in [5.74, 6) is 0.478. The zero-order valence-electron chi connectivity index (χ0n) is 7.45. The van der Waals surface area contributed by atoms with Crippen molar-refractivity contribution in [2.75, 3.05) is 5.32 Å². The highest BCUT2D eigenvalue weighted by molar-refractivity contribution is 14.1. The molecule has 0 aliphatic heterocycles. The Morgan fingerprint density at radius 2 is 2.21 bits per heavy atom. The van der Waals surface area contributed by atoms with Crippen molar-refractivity contribution in [2.45, 2.75) is 6.92 Å². The van der Waals surface area contributed by atoms with Crippen LogP contribution in [0.2, 0.25) is 0 Å². The highest BCUT2D eigenvalue weighted by Crippen LogP contribution is 2.18. The summed E-state index contributed by atoms with van der Waals surface area (Å²) < 4.78 is 1.17. The maximum atomic E-state index is 3.81. The number of benzene rings is 1. The molecule has 72 valence electrons. The summed E-state index contributed by atoms with van der Waals surface area (Å²) in [6.07, 6.45) is 0. The Bertz CT molecular complexity index is 405. The van der Waals surface area contributed by atoms with E-state index in [0.717, 1.165) is 5.69 Å². The van der Waals surface area contributed by atoms with Crippen molar-refractivity contribution >= 4 is 34.2 Å². The average molecular weight is 301 g/mol. The molecule has 0 saturated heterocycles. The molecule has 0 unspecified atom stereocenters. The number of nitrogens with one attached hydrogen (secondary N) is 2. The van der Waals surface area contributed by atoms with Gasteiger partial charge in [0.05, 0.1) is 0 Å². The molecule has 1 aromatic heterocycles. The van der Waals surface area contributed by atoms with Crippen molar-refractivity contribution in [3.8, 4) is 0 Å². The van der Waals surface area contributed by atoms with Crippen molar-refractivity contribution < 1.29 is 0 Å². The smallest absolute Gasteiger partial charge is 0.267 e. The van der Waals surface area contributed by atoms with Crippen LogP contribution in [-0.2, 0) is 0 Å². The second kappa shape index (κ2) is 3.91. The van der Waals surface area contributed by atoms with Crippen LogP contribution >= 0.6 is 22.6 Å². The first-order valence-corrected chi connectivity index (χ1v) is 5.09. The molecule has 0 radical (unpaired) electrons. The molecule has 0 saturated carbocycles. The number of aromatic amines is 1. The monoisotopic (exact) mass is 301 g/mol. The number of tetrazole rings is 1. The lowest BCUT2D eigenvalue weighted by Gasteiger charge is -2.03. The van der Waals surface area contributed by atoms with Gasteiger partial charge in [0.2, 0.25) is 0 Å². The van der Waals surface area contributed by atoms with Crippen LogP contribution in [0.5, 0.6) is 0 Å². The predicted molar refractivity (Wildman–Crippen MR) is 61.4 cm³/mol. The number of halogens is 1. The standard InChI is InChI=1S/C8H8IN5/c1-5-2-6(9)4-7(3-5)10-8-11-13-14-12-8/h2-4H,1H3,(H2,10,11,12,13,14). The average Bonchev–Trinajstić information content (AvgIpc) is 2.54. The van der Waals surface area contributed by atoms with Gasteiger partial charge in [0, 0.05) is 9.26 Å². The van der Waals surface area contributed by atoms with Crippen LogP contribution in [0.25, 0.3) is 0 Å². The molecule has 0 spiro atoms. The van der Waals surface area contributed by atoms with E-state index in [-0.39, 0.29) is 0 Å². The van der Waals surface area contributed by atoms with E-state index in [0.29, 0.717) is 5.95 Å². The van der Waals surface area contributed by atoms with E-state index >= 15 is 0 Å². The molecule has 5 nitrogen and oxygen atoms in total. The van der Waals surface area contributed by atoms with E-state index in [4.69, 9.17) is 0 Å². The summed E-state index contributed by atoms with van der Waals surface area (Å²) in [4.78, 5) is 0. The third-order valence-electron chi connectivity index (χ3n) is 1.64. The second-order valence-corrected chi connectivity index (χ2v) is 4.12. The summed E-state index contributed by atoms with van der Waals surface area (Å²) in [5.41, 5.74) is 2.17. The molecule has 0 amide bonds. The normalized spacial score (nSPS) is 10.1. The van der Waals surface area contributed by atoms with E-state index in [1.807, 2.05) is 19.1 Å². The molecule has 0 fully saturated rings. The maximum absolute atomic E-state index is 3.81. The molecule has 2 N–H and O–H groups in total. The fourth-order valence-electron chi connectivity index (χ4n) is 1.15. The van der Waals surface area contributed by atoms with Crippen LogP contribution < -0.4 is 5.32 Å². The molecule has 0 atom stereocenters. The van der Waals surface area contributed by atoms with Crippen molar-refractivity contribution in [3.63, 3.8) is 0 Å². The van der Waals surface area contributed by atoms with Gasteiger partial charge in [0.15, 0.2) is 0 Å². The van der Waals surface area contributed by atoms with Crippen LogP contribution in [0.15, 0.2) is 18.2 Å². The largest absolute Gasteiger partial charge is 0.322 e. The Labute approximate surface area is 94.4 Å². The van der Waals surface area contributed by atoms with Gasteiger partial charge in [-0.15, -0.1) is 5.10 Å². The van der Waals surface area contributed by atoms with Gasteiger partial charge in [-0.1, -0.05) is 5.10 Å². The van der Waals surface area contributed by atoms with Crippen LogP contribution in [0, 0.1) is 10.5 Å². The van der Waals surface area contributed by atoms with Gasteiger partial charge < -0.3 is 5.32 Å². The first-order valence-electron chi connectivity index (χ1n) is 4.02. The lowest BCUT2D eigenvalue weighted by molar-refractivity contribution is 0.881. The first-order chi connectivity index (χ1) is 6.74. The molecule has 0 bridgehead atoms. The van der Waals surface area contributed by atoms with Crippen molar-refractivity contribution in [1.82, 2.24) is 20.6 Å². The summed E-state index contributed by atoms with van der Waals surface area (Å²) >= 11 is 2.27. The minimum Gasteiger partial charge on any atom is -0.322 e. The lowest BCUT2D eigenvalue weighted by Crippen LogP contribution is -1.93. The van der Waals surface area contributed by atoms with E-state index in [2.05, 4.69) is 54.6 Å². The number of nitrogens with zero attached hydrogens (tertiary/aromatic N) is 3. The topological polar surface area (TPSA) is 66.5 Å². The minimum atomic E-state index is 0.478. The predicted octanol–water partition coefficient (Wildman–Crippen LogP) is 1.86. The van der Waals surface area contributed by atoms with Gasteiger partial charge in [0.25, 0.3) is 5.95 Å². The zero-order valence-corrected chi connectivity index (χ0v) is 9.61. The number of hydrogen-bond donors (Lipinski definition) is 2. The fraction of sp³-hybridized carbons (Fsp3) is 0.125. The van der Waals surface area contributed by atoms with Crippen molar-refractivity contribution in [3.05, 3.63) is 27.3 Å². The van der Waals surface area contributed by atoms with E-state index in [9.17, 15) is 0 Å². The summed E-state index contributed by atoms with van der Waals surface area (Å²) in [7, 11) is 0. The molecular weight excluding hydrogens is 293 g/mol. The summed E-state index contributed by atoms with van der Waals surface area (Å²) in [5, 5.41) is 16.5. The number of anilines is 2. The van der Waals surface area contributed by atoms with Crippen molar-refractivity contribution in [1.29, 1.82) is 0 Å². The molecule has 6 heteroatoms. The van der Waals surface area contributed by atoms with Crippen molar-refractivity contribution in [2.24, 2.45) is 0 Å². The quantitative estimate of drug-likeness (QED) is 0.831. The molecule has 1 heterocycles. The maximum Gasteiger partial charge on any atom is 0.267 e. The Balaban J connectivity index is 2.25. The van der Waals surface area contributed by atoms with Gasteiger partial charge in [-0.2, -0.15) is 5.21 Å². The van der Waals surface area contributed by atoms with Gasteiger partial charge in [0.1, 0.15) is 0 Å². The van der Waals surface area contributed by atoms with Gasteiger partial charge in [-0.3, -0.25) is 0 Å². The summed E-state index contributed by atoms with van der Waals surface area (Å²) in [6, 6.07) is 6.14. The Kier molecular flexibility index (Phi) is 2.62. The number of H-pyrrole nitrogens is 1. The van der Waals surface area contributed by atoms with E-state index in [1.165, 1.54) is 9.13 Å². The number of aromatic nitrogens is 4.